The molecule has 0 N–H and O–H groups in total. The van der Waals surface area contributed by atoms with Crippen LogP contribution in [0.3, 0.4) is 0 Å². The highest BCUT2D eigenvalue weighted by Crippen LogP contribution is 2.55. The van der Waals surface area contributed by atoms with E-state index in [9.17, 15) is 19.2 Å². The molecule has 0 unspecified atom stereocenters. The van der Waals surface area contributed by atoms with E-state index in [0.717, 1.165) is 5.57 Å². The zero-order valence-corrected chi connectivity index (χ0v) is 19.7. The lowest BCUT2D eigenvalue weighted by Crippen LogP contribution is -2.51. The number of hydrogen-bond acceptors (Lipinski definition) is 8. The molecule has 32 heavy (non-hydrogen) atoms. The molecule has 3 aliphatic rings. The lowest BCUT2D eigenvalue weighted by molar-refractivity contribution is -0.182. The zero-order chi connectivity index (χ0) is 24.0. The summed E-state index contributed by atoms with van der Waals surface area (Å²) in [5.74, 6) is -3.51. The summed E-state index contributed by atoms with van der Waals surface area (Å²) in [6, 6.07) is 0. The Morgan fingerprint density at radius 3 is 2.31 bits per heavy atom. The second-order valence-corrected chi connectivity index (χ2v) is 9.44. The van der Waals surface area contributed by atoms with E-state index in [1.54, 1.807) is 19.9 Å². The smallest absolute Gasteiger partial charge is 0.351 e. The third-order valence-corrected chi connectivity index (χ3v) is 7.18. The van der Waals surface area contributed by atoms with Crippen molar-refractivity contribution < 1.29 is 38.1 Å². The molecule has 2 fully saturated rings. The second kappa shape index (κ2) is 8.37. The first-order valence-electron chi connectivity index (χ1n) is 10.9. The summed E-state index contributed by atoms with van der Waals surface area (Å²) in [5, 5.41) is 0. The maximum absolute atomic E-state index is 13.0. The Balaban J connectivity index is 2.16. The van der Waals surface area contributed by atoms with Gasteiger partial charge in [-0.3, -0.25) is 9.59 Å². The fraction of sp³-hybridized carbons (Fsp3) is 0.667. The summed E-state index contributed by atoms with van der Waals surface area (Å²) in [6.45, 7) is 11.2. The van der Waals surface area contributed by atoms with Crippen molar-refractivity contribution in [1.29, 1.82) is 0 Å². The molecule has 8 heteroatoms. The van der Waals surface area contributed by atoms with Gasteiger partial charge in [-0.15, -0.1) is 0 Å². The summed E-state index contributed by atoms with van der Waals surface area (Å²) in [6.07, 6.45) is 2.87. The molecule has 0 aromatic carbocycles. The van der Waals surface area contributed by atoms with Crippen LogP contribution in [-0.4, -0.2) is 47.3 Å². The van der Waals surface area contributed by atoms with Gasteiger partial charge < -0.3 is 18.9 Å². The number of hydrogen-bond donors (Lipinski definition) is 0. The first-order valence-corrected chi connectivity index (χ1v) is 10.9. The molecule has 1 heterocycles. The minimum atomic E-state index is -1.64. The van der Waals surface area contributed by atoms with Crippen LogP contribution < -0.4 is 0 Å². The molecule has 0 bridgehead atoms. The van der Waals surface area contributed by atoms with Gasteiger partial charge >= 0.3 is 23.9 Å². The fourth-order valence-electron chi connectivity index (χ4n) is 5.65. The lowest BCUT2D eigenvalue weighted by Gasteiger charge is -2.38. The summed E-state index contributed by atoms with van der Waals surface area (Å²) in [5.41, 5.74) is -1.22. The lowest BCUT2D eigenvalue weighted by atomic mass is 9.75. The van der Waals surface area contributed by atoms with Gasteiger partial charge in [-0.2, -0.15) is 0 Å². The van der Waals surface area contributed by atoms with Gasteiger partial charge in [-0.25, -0.2) is 9.59 Å². The first kappa shape index (κ1) is 24.0. The molecule has 0 aromatic rings. The molecule has 0 aromatic heterocycles. The van der Waals surface area contributed by atoms with Crippen molar-refractivity contribution in [1.82, 2.24) is 0 Å². The maximum Gasteiger partial charge on any atom is 0.351 e. The van der Waals surface area contributed by atoms with Crippen molar-refractivity contribution in [2.45, 2.75) is 84.7 Å². The van der Waals surface area contributed by atoms with Crippen LogP contribution in [0.15, 0.2) is 23.3 Å². The molecule has 8 nitrogen and oxygen atoms in total. The molecular weight excluding hydrogens is 416 g/mol. The Morgan fingerprint density at radius 1 is 1.12 bits per heavy atom. The van der Waals surface area contributed by atoms with E-state index in [0.29, 0.717) is 12.0 Å². The third-order valence-electron chi connectivity index (χ3n) is 7.18. The fourth-order valence-corrected chi connectivity index (χ4v) is 5.65. The third kappa shape index (κ3) is 3.95. The predicted molar refractivity (Wildman–Crippen MR) is 113 cm³/mol. The molecular formula is C24H32O8. The van der Waals surface area contributed by atoms with Crippen LogP contribution in [0.2, 0.25) is 0 Å². The molecule has 3 rings (SSSR count). The van der Waals surface area contributed by atoms with Crippen LogP contribution in [0.1, 0.15) is 61.3 Å². The topological polar surface area (TPSA) is 105 Å². The first-order chi connectivity index (χ1) is 14.8. The SMILES string of the molecule is C/C=C(/C)C(=O)O[C@H]1C[C@](C)(OC(C)=O)[C@H]2CC=C(C)[C@H]2[C@H]2OC(=O)[C@@](C)(OC(C)=O)[C@@H]21. The Labute approximate surface area is 188 Å². The second-order valence-electron chi connectivity index (χ2n) is 9.44. The van der Waals surface area contributed by atoms with Crippen LogP contribution in [0, 0.1) is 17.8 Å². The highest BCUT2D eigenvalue weighted by atomic mass is 16.6. The van der Waals surface area contributed by atoms with E-state index in [4.69, 9.17) is 18.9 Å². The number of ether oxygens (including phenoxy) is 4. The van der Waals surface area contributed by atoms with Crippen molar-refractivity contribution in [3.63, 3.8) is 0 Å². The van der Waals surface area contributed by atoms with Crippen molar-refractivity contribution >= 4 is 23.9 Å². The van der Waals surface area contributed by atoms with Gasteiger partial charge in [0.15, 0.2) is 0 Å². The molecule has 0 radical (unpaired) electrons. The van der Waals surface area contributed by atoms with Crippen molar-refractivity contribution in [2.24, 2.45) is 17.8 Å². The number of fused-ring (bicyclic) bond motifs is 3. The normalized spacial score (nSPS) is 38.6. The Morgan fingerprint density at radius 2 is 1.75 bits per heavy atom. The van der Waals surface area contributed by atoms with Crippen LogP contribution in [0.25, 0.3) is 0 Å². The predicted octanol–water partition coefficient (Wildman–Crippen LogP) is 3.04. The number of carbonyl (C=O) groups is 4. The summed E-state index contributed by atoms with van der Waals surface area (Å²) >= 11 is 0. The molecule has 0 spiro atoms. The average Bonchev–Trinajstić information content (AvgIpc) is 3.14. The summed E-state index contributed by atoms with van der Waals surface area (Å²) in [4.78, 5) is 49.7. The Bertz CT molecular complexity index is 902. The molecule has 2 aliphatic carbocycles. The highest BCUT2D eigenvalue weighted by molar-refractivity contribution is 5.88. The maximum atomic E-state index is 13.0. The van der Waals surface area contributed by atoms with Crippen LogP contribution in [0.5, 0.6) is 0 Å². The number of carbonyl (C=O) groups excluding carboxylic acids is 4. The van der Waals surface area contributed by atoms with Gasteiger partial charge in [0.1, 0.15) is 17.8 Å². The molecule has 176 valence electrons. The van der Waals surface area contributed by atoms with Crippen molar-refractivity contribution in [3.8, 4) is 0 Å². The minimum Gasteiger partial charge on any atom is -0.459 e. The Kier molecular flexibility index (Phi) is 6.28. The molecule has 1 aliphatic heterocycles. The van der Waals surface area contributed by atoms with Gasteiger partial charge in [0, 0.05) is 37.7 Å². The van der Waals surface area contributed by atoms with Crippen LogP contribution >= 0.6 is 0 Å². The molecule has 0 amide bonds. The standard InChI is InChI=1S/C24H32O8/c1-8-12(2)21(27)29-17-11-23(6,31-14(4)25)16-10-9-13(3)18(16)20-19(17)24(7,22(28)30-20)32-15(5)26/h8-9,16-20H,10-11H2,1-7H3/b12-8-/t16-,17-,18+,19+,20+,23-,24-/m0/s1. The molecule has 1 saturated heterocycles. The quantitative estimate of drug-likeness (QED) is 0.280. The van der Waals surface area contributed by atoms with Gasteiger partial charge in [0.2, 0.25) is 5.60 Å². The monoisotopic (exact) mass is 448 g/mol. The average molecular weight is 449 g/mol. The highest BCUT2D eigenvalue weighted by Gasteiger charge is 2.68. The Hall–Kier alpha value is -2.64. The largest absolute Gasteiger partial charge is 0.459 e. The van der Waals surface area contributed by atoms with E-state index < -0.39 is 53.2 Å². The molecule has 7 atom stereocenters. The summed E-state index contributed by atoms with van der Waals surface area (Å²) in [7, 11) is 0. The van der Waals surface area contributed by atoms with Gasteiger partial charge in [-0.1, -0.05) is 17.7 Å². The van der Waals surface area contributed by atoms with E-state index in [1.165, 1.54) is 20.8 Å². The van der Waals surface area contributed by atoms with Gasteiger partial charge in [0.05, 0.1) is 5.92 Å². The number of rotatable bonds is 4. The summed E-state index contributed by atoms with van der Waals surface area (Å²) < 4.78 is 23.1. The van der Waals surface area contributed by atoms with Crippen LogP contribution in [-0.2, 0) is 38.1 Å². The van der Waals surface area contributed by atoms with Gasteiger partial charge in [-0.05, 0) is 41.0 Å². The van der Waals surface area contributed by atoms with E-state index in [1.807, 2.05) is 13.8 Å². The number of esters is 4. The molecule has 1 saturated carbocycles. The van der Waals surface area contributed by atoms with E-state index in [2.05, 4.69) is 6.08 Å². The van der Waals surface area contributed by atoms with E-state index in [-0.39, 0.29) is 18.3 Å². The van der Waals surface area contributed by atoms with Crippen molar-refractivity contribution in [2.75, 3.05) is 0 Å². The zero-order valence-electron chi connectivity index (χ0n) is 19.7. The van der Waals surface area contributed by atoms with Crippen LogP contribution in [0.4, 0.5) is 0 Å². The van der Waals surface area contributed by atoms with Gasteiger partial charge in [0.25, 0.3) is 0 Å². The number of allylic oxidation sites excluding steroid dienone is 2. The van der Waals surface area contributed by atoms with Crippen molar-refractivity contribution in [3.05, 3.63) is 23.3 Å². The minimum absolute atomic E-state index is 0.145. The van der Waals surface area contributed by atoms with E-state index >= 15 is 0 Å².